The van der Waals surface area contributed by atoms with Gasteiger partial charge in [0.25, 0.3) is 0 Å². The average Bonchev–Trinajstić information content (AvgIpc) is 4.02. The van der Waals surface area contributed by atoms with E-state index >= 15 is 0 Å². The van der Waals surface area contributed by atoms with Crippen molar-refractivity contribution in [3.8, 4) is 61.3 Å². The molecule has 14 rings (SSSR count). The molecule has 0 aliphatic heterocycles. The van der Waals surface area contributed by atoms with Gasteiger partial charge in [0.05, 0.1) is 16.7 Å². The Morgan fingerprint density at radius 3 is 1.40 bits per heavy atom. The Hall–Kier alpha value is -9.70. The number of hydrogen-bond donors (Lipinski definition) is 0. The van der Waals surface area contributed by atoms with Crippen LogP contribution in [0.2, 0.25) is 0 Å². The highest BCUT2D eigenvalue weighted by molar-refractivity contribution is 6.11. The van der Waals surface area contributed by atoms with Gasteiger partial charge >= 0.3 is 0 Å². The van der Waals surface area contributed by atoms with E-state index in [1.54, 1.807) is 0 Å². The molecule has 0 fully saturated rings. The van der Waals surface area contributed by atoms with E-state index in [4.69, 9.17) is 4.42 Å². The van der Waals surface area contributed by atoms with Crippen molar-refractivity contribution in [2.45, 2.75) is 0 Å². The zero-order valence-corrected chi connectivity index (χ0v) is 39.9. The number of nitrogens with zero attached hydrogens (tertiary/aromatic N) is 2. The van der Waals surface area contributed by atoms with Crippen molar-refractivity contribution in [2.75, 3.05) is 4.90 Å². The lowest BCUT2D eigenvalue weighted by atomic mass is 9.97. The summed E-state index contributed by atoms with van der Waals surface area (Å²) in [7, 11) is 0. The summed E-state index contributed by atoms with van der Waals surface area (Å²) in [4.78, 5) is 2.35. The summed E-state index contributed by atoms with van der Waals surface area (Å²) in [6.45, 7) is 0. The van der Waals surface area contributed by atoms with Crippen LogP contribution in [0.25, 0.3) is 116 Å². The standard InChI is InChI=1S/C70H46N2O/c1-2-14-53-46-56(32-29-47(53)13-1)55-16-11-15-54(45-55)50-35-41-58(42-36-50)71(59-43-37-52(38-44-59)61-21-12-22-65-64-20-6-10-26-69(64)73-70(61)65)57-39-33-49(34-40-57)48-27-30-51(31-28-48)60-17-3-7-23-66(60)72-67-24-8-4-18-62(67)63-19-5-9-25-68(63)72/h1-46H. The van der Waals surface area contributed by atoms with Crippen LogP contribution in [-0.4, -0.2) is 4.57 Å². The number of benzene rings is 12. The fourth-order valence-corrected chi connectivity index (χ4v) is 11.0. The van der Waals surface area contributed by atoms with Crippen molar-refractivity contribution in [1.29, 1.82) is 0 Å². The molecule has 2 aromatic heterocycles. The van der Waals surface area contributed by atoms with Gasteiger partial charge in [-0.05, 0) is 128 Å². The van der Waals surface area contributed by atoms with Gasteiger partial charge in [-0.25, -0.2) is 0 Å². The second-order valence-electron chi connectivity index (χ2n) is 18.9. The molecule has 3 nitrogen and oxygen atoms in total. The monoisotopic (exact) mass is 930 g/mol. The van der Waals surface area contributed by atoms with Gasteiger partial charge in [-0.1, -0.05) is 206 Å². The van der Waals surface area contributed by atoms with Crippen molar-refractivity contribution in [2.24, 2.45) is 0 Å². The average molecular weight is 931 g/mol. The summed E-state index contributed by atoms with van der Waals surface area (Å²) in [6, 6.07) is 101. The first kappa shape index (κ1) is 42.2. The lowest BCUT2D eigenvalue weighted by Crippen LogP contribution is -2.09. The fraction of sp³-hybridized carbons (Fsp3) is 0. The van der Waals surface area contributed by atoms with E-state index in [2.05, 4.69) is 276 Å². The first-order valence-corrected chi connectivity index (χ1v) is 25.0. The quantitative estimate of drug-likeness (QED) is 0.144. The molecular weight excluding hydrogens is 885 g/mol. The molecule has 0 saturated heterocycles. The first-order chi connectivity index (χ1) is 36.2. The Morgan fingerprint density at radius 1 is 0.274 bits per heavy atom. The van der Waals surface area contributed by atoms with Crippen molar-refractivity contribution in [1.82, 2.24) is 4.57 Å². The summed E-state index contributed by atoms with van der Waals surface area (Å²) >= 11 is 0. The topological polar surface area (TPSA) is 21.3 Å². The van der Waals surface area contributed by atoms with Gasteiger partial charge in [0.15, 0.2) is 0 Å². The van der Waals surface area contributed by atoms with Crippen LogP contribution < -0.4 is 4.90 Å². The number of para-hydroxylation sites is 5. The van der Waals surface area contributed by atoms with Crippen molar-refractivity contribution in [3.63, 3.8) is 0 Å². The molecule has 0 saturated carbocycles. The van der Waals surface area contributed by atoms with Crippen LogP contribution in [0.3, 0.4) is 0 Å². The highest BCUT2D eigenvalue weighted by Gasteiger charge is 2.18. The molecule has 12 aromatic carbocycles. The molecule has 2 heterocycles. The molecule has 0 bridgehead atoms. The zero-order valence-electron chi connectivity index (χ0n) is 39.9. The van der Waals surface area contributed by atoms with Gasteiger partial charge in [-0.15, -0.1) is 0 Å². The summed E-state index contributed by atoms with van der Waals surface area (Å²) in [5, 5.41) is 7.27. The molecule has 0 aliphatic carbocycles. The minimum atomic E-state index is 0.900. The first-order valence-electron chi connectivity index (χ1n) is 25.0. The van der Waals surface area contributed by atoms with Crippen molar-refractivity contribution in [3.05, 3.63) is 279 Å². The van der Waals surface area contributed by atoms with Crippen LogP contribution in [0, 0.1) is 0 Å². The molecule has 0 aliphatic rings. The predicted molar refractivity (Wildman–Crippen MR) is 307 cm³/mol. The SMILES string of the molecule is c1cc(-c2ccc(N(c3ccc(-c4ccc(-c5ccccc5-n5c6ccccc6c6ccccc65)cc4)cc3)c3ccc(-c4cccc5c4oc4ccccc45)cc3)cc2)cc(-c2ccc3ccccc3c2)c1. The molecule has 0 amide bonds. The maximum absolute atomic E-state index is 6.47. The molecule has 73 heavy (non-hydrogen) atoms. The molecule has 0 radical (unpaired) electrons. The molecule has 0 spiro atoms. The van der Waals surface area contributed by atoms with Gasteiger partial charge in [0.1, 0.15) is 11.2 Å². The third-order valence-electron chi connectivity index (χ3n) is 14.6. The van der Waals surface area contributed by atoms with Crippen LogP contribution in [0.15, 0.2) is 283 Å². The maximum Gasteiger partial charge on any atom is 0.143 e. The molecule has 0 unspecified atom stereocenters. The molecule has 342 valence electrons. The van der Waals surface area contributed by atoms with E-state index in [1.165, 1.54) is 66.1 Å². The predicted octanol–water partition coefficient (Wildman–Crippen LogP) is 19.6. The van der Waals surface area contributed by atoms with Gasteiger partial charge in [-0.2, -0.15) is 0 Å². The van der Waals surface area contributed by atoms with Gasteiger partial charge < -0.3 is 13.9 Å². The van der Waals surface area contributed by atoms with Gasteiger partial charge in [0, 0.05) is 49.7 Å². The third-order valence-corrected chi connectivity index (χ3v) is 14.6. The molecular formula is C70H46N2O. The maximum atomic E-state index is 6.47. The number of hydrogen-bond acceptors (Lipinski definition) is 2. The largest absolute Gasteiger partial charge is 0.455 e. The summed E-state index contributed by atoms with van der Waals surface area (Å²) in [5.41, 5.74) is 20.2. The Kier molecular flexibility index (Phi) is 10.2. The summed E-state index contributed by atoms with van der Waals surface area (Å²) in [5.74, 6) is 0. The van der Waals surface area contributed by atoms with Crippen LogP contribution in [0.1, 0.15) is 0 Å². The number of aromatic nitrogens is 1. The lowest BCUT2D eigenvalue weighted by Gasteiger charge is -2.26. The highest BCUT2D eigenvalue weighted by Crippen LogP contribution is 2.42. The number of anilines is 3. The van der Waals surface area contributed by atoms with E-state index in [9.17, 15) is 0 Å². The van der Waals surface area contributed by atoms with E-state index < -0.39 is 0 Å². The molecule has 0 N–H and O–H groups in total. The Balaban J connectivity index is 0.802. The van der Waals surface area contributed by atoms with Crippen LogP contribution >= 0.6 is 0 Å². The third kappa shape index (κ3) is 7.46. The van der Waals surface area contributed by atoms with Crippen molar-refractivity contribution < 1.29 is 4.42 Å². The molecule has 3 heteroatoms. The van der Waals surface area contributed by atoms with Crippen LogP contribution in [-0.2, 0) is 0 Å². The Bertz CT molecular complexity index is 4300. The van der Waals surface area contributed by atoms with E-state index in [1.807, 2.05) is 12.1 Å². The Labute approximate surface area is 423 Å². The normalized spacial score (nSPS) is 11.6. The summed E-state index contributed by atoms with van der Waals surface area (Å²) in [6.07, 6.45) is 0. The smallest absolute Gasteiger partial charge is 0.143 e. The van der Waals surface area contributed by atoms with Gasteiger partial charge in [0.2, 0.25) is 0 Å². The van der Waals surface area contributed by atoms with Gasteiger partial charge in [-0.3, -0.25) is 0 Å². The molecule has 14 aromatic rings. The summed E-state index contributed by atoms with van der Waals surface area (Å²) < 4.78 is 8.87. The van der Waals surface area contributed by atoms with E-state index in [-0.39, 0.29) is 0 Å². The van der Waals surface area contributed by atoms with Crippen LogP contribution in [0.5, 0.6) is 0 Å². The van der Waals surface area contributed by atoms with E-state index in [0.717, 1.165) is 66.8 Å². The highest BCUT2D eigenvalue weighted by atomic mass is 16.3. The second kappa shape index (κ2) is 17.6. The van der Waals surface area contributed by atoms with E-state index in [0.29, 0.717) is 0 Å². The minimum Gasteiger partial charge on any atom is -0.455 e. The molecule has 0 atom stereocenters. The van der Waals surface area contributed by atoms with Crippen LogP contribution in [0.4, 0.5) is 17.1 Å². The number of furan rings is 1. The second-order valence-corrected chi connectivity index (χ2v) is 18.9. The minimum absolute atomic E-state index is 0.900. The zero-order chi connectivity index (χ0) is 48.2. The lowest BCUT2D eigenvalue weighted by molar-refractivity contribution is 0.670. The fourth-order valence-electron chi connectivity index (χ4n) is 11.0. The van der Waals surface area contributed by atoms with Crippen molar-refractivity contribution >= 4 is 71.6 Å². The Morgan fingerprint density at radius 2 is 0.712 bits per heavy atom. The number of fused-ring (bicyclic) bond motifs is 7. The number of rotatable bonds is 9.